The Morgan fingerprint density at radius 2 is 2.31 bits per heavy atom. The van der Waals surface area contributed by atoms with E-state index in [4.69, 9.17) is 5.73 Å². The molecule has 0 amide bonds. The summed E-state index contributed by atoms with van der Waals surface area (Å²) in [6.45, 7) is 2.11. The summed E-state index contributed by atoms with van der Waals surface area (Å²) < 4.78 is 2.66. The van der Waals surface area contributed by atoms with E-state index in [1.165, 1.54) is 0 Å². The molecule has 1 aromatic rings. The van der Waals surface area contributed by atoms with Gasteiger partial charge in [0.05, 0.1) is 29.0 Å². The summed E-state index contributed by atoms with van der Waals surface area (Å²) in [5, 5.41) is 14.2. The highest BCUT2D eigenvalue weighted by Crippen LogP contribution is 2.24. The van der Waals surface area contributed by atoms with Crippen molar-refractivity contribution >= 4 is 15.9 Å². The molecule has 0 saturated carbocycles. The van der Waals surface area contributed by atoms with Gasteiger partial charge in [-0.3, -0.25) is 4.68 Å². The van der Waals surface area contributed by atoms with Gasteiger partial charge in [-0.05, 0) is 43.0 Å². The largest absolute Gasteiger partial charge is 0.387 e. The highest BCUT2D eigenvalue weighted by molar-refractivity contribution is 9.10. The first kappa shape index (κ1) is 13.6. The lowest BCUT2D eigenvalue weighted by molar-refractivity contribution is 0.157. The topological polar surface area (TPSA) is 67.3 Å². The first-order chi connectivity index (χ1) is 7.56. The lowest BCUT2D eigenvalue weighted by atomic mass is 10.2. The number of nitrogens with zero attached hydrogens (tertiary/aromatic N) is 3. The fourth-order valence-corrected chi connectivity index (χ4v) is 2.03. The Morgan fingerprint density at radius 3 is 2.88 bits per heavy atom. The first-order valence-corrected chi connectivity index (χ1v) is 6.09. The number of halogens is 1. The van der Waals surface area contributed by atoms with Crippen molar-refractivity contribution in [2.24, 2.45) is 5.73 Å². The van der Waals surface area contributed by atoms with Gasteiger partial charge in [0.1, 0.15) is 0 Å². The van der Waals surface area contributed by atoms with Gasteiger partial charge in [-0.1, -0.05) is 0 Å². The summed E-state index contributed by atoms with van der Waals surface area (Å²) >= 11 is 3.40. The Bertz CT molecular complexity index is 327. The van der Waals surface area contributed by atoms with E-state index in [0.717, 1.165) is 23.3 Å². The van der Waals surface area contributed by atoms with Crippen LogP contribution >= 0.6 is 15.9 Å². The summed E-state index contributed by atoms with van der Waals surface area (Å²) in [5.74, 6) is 0. The lowest BCUT2D eigenvalue weighted by Gasteiger charge is -2.15. The van der Waals surface area contributed by atoms with Gasteiger partial charge in [0, 0.05) is 6.54 Å². The minimum atomic E-state index is -0.552. The molecule has 1 heterocycles. The van der Waals surface area contributed by atoms with E-state index in [0.29, 0.717) is 13.0 Å². The fraction of sp³-hybridized carbons (Fsp3) is 0.700. The highest BCUT2D eigenvalue weighted by atomic mass is 79.9. The number of hydrogen-bond donors (Lipinski definition) is 2. The zero-order chi connectivity index (χ0) is 12.1. The molecule has 0 radical (unpaired) electrons. The second-order valence-electron chi connectivity index (χ2n) is 4.00. The van der Waals surface area contributed by atoms with Crippen LogP contribution in [-0.2, 0) is 6.54 Å². The molecular formula is C10H19BrN4O. The summed E-state index contributed by atoms with van der Waals surface area (Å²) in [6.07, 6.45) is 1.71. The number of aliphatic hydroxyl groups is 1. The van der Waals surface area contributed by atoms with E-state index in [1.807, 2.05) is 18.8 Å². The van der Waals surface area contributed by atoms with Gasteiger partial charge in [0.15, 0.2) is 0 Å². The van der Waals surface area contributed by atoms with Crippen molar-refractivity contribution in [3.8, 4) is 0 Å². The molecule has 1 unspecified atom stereocenters. The maximum atomic E-state index is 9.95. The van der Waals surface area contributed by atoms with E-state index < -0.39 is 6.10 Å². The summed E-state index contributed by atoms with van der Waals surface area (Å²) in [7, 11) is 4.02. The van der Waals surface area contributed by atoms with Crippen LogP contribution in [0.25, 0.3) is 0 Å². The number of aromatic nitrogens is 2. The molecule has 0 aliphatic heterocycles. The maximum absolute atomic E-state index is 9.95. The van der Waals surface area contributed by atoms with Crippen LogP contribution < -0.4 is 5.73 Å². The quantitative estimate of drug-likeness (QED) is 0.805. The molecule has 0 aliphatic carbocycles. The number of likely N-dealkylation sites (N-methyl/N-ethyl adjacent to an activating group) is 1. The van der Waals surface area contributed by atoms with Crippen molar-refractivity contribution in [3.05, 3.63) is 16.4 Å². The van der Waals surface area contributed by atoms with Crippen LogP contribution in [0.1, 0.15) is 18.2 Å². The molecule has 0 aliphatic rings. The van der Waals surface area contributed by atoms with E-state index >= 15 is 0 Å². The molecule has 1 rings (SSSR count). The van der Waals surface area contributed by atoms with Crippen molar-refractivity contribution in [1.82, 2.24) is 14.7 Å². The van der Waals surface area contributed by atoms with Crippen molar-refractivity contribution in [2.45, 2.75) is 19.1 Å². The summed E-state index contributed by atoms with van der Waals surface area (Å²) in [4.78, 5) is 2.08. The average molecular weight is 291 g/mol. The van der Waals surface area contributed by atoms with Crippen molar-refractivity contribution in [3.63, 3.8) is 0 Å². The molecule has 1 atom stereocenters. The highest BCUT2D eigenvalue weighted by Gasteiger charge is 2.16. The zero-order valence-corrected chi connectivity index (χ0v) is 11.3. The molecule has 0 spiro atoms. The number of rotatable bonds is 6. The van der Waals surface area contributed by atoms with Gasteiger partial charge >= 0.3 is 0 Å². The minimum absolute atomic E-state index is 0.465. The normalized spacial score (nSPS) is 13.4. The summed E-state index contributed by atoms with van der Waals surface area (Å²) in [6, 6.07) is 0. The van der Waals surface area contributed by atoms with E-state index in [-0.39, 0.29) is 0 Å². The number of aliphatic hydroxyl groups excluding tert-OH is 1. The van der Waals surface area contributed by atoms with E-state index in [1.54, 1.807) is 6.20 Å². The minimum Gasteiger partial charge on any atom is -0.387 e. The molecular weight excluding hydrogens is 272 g/mol. The third-order valence-electron chi connectivity index (χ3n) is 2.35. The SMILES string of the molecule is CN(C)CCn1ncc(Br)c1C(O)CCN. The van der Waals surface area contributed by atoms with Crippen LogP contribution in [0.15, 0.2) is 10.7 Å². The molecule has 6 heteroatoms. The maximum Gasteiger partial charge on any atom is 0.0980 e. The Balaban J connectivity index is 2.76. The molecule has 3 N–H and O–H groups in total. The van der Waals surface area contributed by atoms with Crippen LogP contribution in [0.2, 0.25) is 0 Å². The van der Waals surface area contributed by atoms with Crippen LogP contribution in [0.5, 0.6) is 0 Å². The second kappa shape index (κ2) is 6.34. The lowest BCUT2D eigenvalue weighted by Crippen LogP contribution is -2.21. The average Bonchev–Trinajstić information content (AvgIpc) is 2.57. The second-order valence-corrected chi connectivity index (χ2v) is 4.85. The van der Waals surface area contributed by atoms with Gasteiger partial charge in [-0.2, -0.15) is 5.10 Å². The Morgan fingerprint density at radius 1 is 1.62 bits per heavy atom. The molecule has 16 heavy (non-hydrogen) atoms. The predicted molar refractivity (Wildman–Crippen MR) is 67.1 cm³/mol. The first-order valence-electron chi connectivity index (χ1n) is 5.30. The summed E-state index contributed by atoms with van der Waals surface area (Å²) in [5.41, 5.74) is 6.26. The Labute approximate surface area is 104 Å². The van der Waals surface area contributed by atoms with E-state index in [2.05, 4.69) is 25.9 Å². The molecule has 1 aromatic heterocycles. The molecule has 92 valence electrons. The van der Waals surface area contributed by atoms with Crippen molar-refractivity contribution < 1.29 is 5.11 Å². The molecule has 0 aromatic carbocycles. The van der Waals surface area contributed by atoms with Gasteiger partial charge in [-0.15, -0.1) is 0 Å². The fourth-order valence-electron chi connectivity index (χ4n) is 1.47. The molecule has 0 saturated heterocycles. The Kier molecular flexibility index (Phi) is 5.40. The number of nitrogens with two attached hydrogens (primary N) is 1. The van der Waals surface area contributed by atoms with Gasteiger partial charge in [0.25, 0.3) is 0 Å². The Hall–Kier alpha value is -0.430. The molecule has 0 fully saturated rings. The zero-order valence-electron chi connectivity index (χ0n) is 9.73. The van der Waals surface area contributed by atoms with Gasteiger partial charge in [0.2, 0.25) is 0 Å². The molecule has 0 bridgehead atoms. The third-order valence-corrected chi connectivity index (χ3v) is 2.96. The van der Waals surface area contributed by atoms with Gasteiger partial charge in [-0.25, -0.2) is 0 Å². The monoisotopic (exact) mass is 290 g/mol. The van der Waals surface area contributed by atoms with Crippen LogP contribution in [0.3, 0.4) is 0 Å². The van der Waals surface area contributed by atoms with Gasteiger partial charge < -0.3 is 15.7 Å². The predicted octanol–water partition coefficient (Wildman–Crippen LogP) is 0.589. The smallest absolute Gasteiger partial charge is 0.0980 e. The number of hydrogen-bond acceptors (Lipinski definition) is 4. The third kappa shape index (κ3) is 3.55. The van der Waals surface area contributed by atoms with Crippen molar-refractivity contribution in [1.29, 1.82) is 0 Å². The standard InChI is InChI=1S/C10H19BrN4O/c1-14(2)5-6-15-10(8(11)7-13-15)9(16)3-4-12/h7,9,16H,3-6,12H2,1-2H3. The molecule has 5 nitrogen and oxygen atoms in total. The van der Waals surface area contributed by atoms with E-state index in [9.17, 15) is 5.11 Å². The van der Waals surface area contributed by atoms with Crippen LogP contribution in [-0.4, -0.2) is 47.0 Å². The van der Waals surface area contributed by atoms with Crippen molar-refractivity contribution in [2.75, 3.05) is 27.2 Å². The van der Waals surface area contributed by atoms with Crippen LogP contribution in [0, 0.1) is 0 Å². The van der Waals surface area contributed by atoms with Crippen LogP contribution in [0.4, 0.5) is 0 Å².